The Morgan fingerprint density at radius 3 is 2.57 bits per heavy atom. The zero-order valence-corrected chi connectivity index (χ0v) is 13.4. The number of nitrogen functional groups attached to an aromatic ring is 1. The summed E-state index contributed by atoms with van der Waals surface area (Å²) < 4.78 is 5.99. The van der Waals surface area contributed by atoms with Crippen LogP contribution < -0.4 is 15.8 Å². The molecule has 1 aromatic carbocycles. The van der Waals surface area contributed by atoms with E-state index < -0.39 is 0 Å². The fourth-order valence-electron chi connectivity index (χ4n) is 3.72. The van der Waals surface area contributed by atoms with Crippen molar-refractivity contribution in [2.45, 2.75) is 56.7 Å². The van der Waals surface area contributed by atoms with Crippen LogP contribution in [0.5, 0.6) is 5.75 Å². The van der Waals surface area contributed by atoms with Gasteiger partial charge in [0.15, 0.2) is 0 Å². The van der Waals surface area contributed by atoms with Crippen LogP contribution >= 0.6 is 11.8 Å². The first kappa shape index (κ1) is 13.8. The highest BCUT2D eigenvalue weighted by molar-refractivity contribution is 7.99. The molecule has 2 saturated heterocycles. The minimum atomic E-state index is 0.409. The predicted octanol–water partition coefficient (Wildman–Crippen LogP) is 3.07. The van der Waals surface area contributed by atoms with Crippen molar-refractivity contribution in [2.24, 2.45) is 0 Å². The van der Waals surface area contributed by atoms with E-state index in [0.717, 1.165) is 11.4 Å². The Kier molecular flexibility index (Phi) is 3.54. The normalized spacial score (nSPS) is 32.0. The van der Waals surface area contributed by atoms with Gasteiger partial charge >= 0.3 is 0 Å². The number of rotatable bonds is 3. The van der Waals surface area contributed by atoms with E-state index in [0.29, 0.717) is 24.1 Å². The molecular formula is C17H24N2OS. The molecule has 0 amide bonds. The molecule has 2 unspecified atom stereocenters. The third kappa shape index (κ3) is 2.88. The maximum absolute atomic E-state index is 6.15. The summed E-state index contributed by atoms with van der Waals surface area (Å²) in [6, 6.07) is 5.70. The van der Waals surface area contributed by atoms with Crippen molar-refractivity contribution in [1.82, 2.24) is 5.32 Å². The third-order valence-electron chi connectivity index (χ3n) is 4.90. The van der Waals surface area contributed by atoms with Gasteiger partial charge in [0, 0.05) is 23.6 Å². The average Bonchev–Trinajstić information content (AvgIpc) is 3.25. The lowest BCUT2D eigenvalue weighted by molar-refractivity contribution is 0.299. The maximum atomic E-state index is 6.15. The Balaban J connectivity index is 1.60. The zero-order chi connectivity index (χ0) is 14.4. The summed E-state index contributed by atoms with van der Waals surface area (Å²) in [5.41, 5.74) is 9.73. The van der Waals surface area contributed by atoms with Crippen LogP contribution in [0.1, 0.15) is 42.7 Å². The molecule has 114 valence electrons. The molecule has 0 aromatic heterocycles. The van der Waals surface area contributed by atoms with Gasteiger partial charge in [-0.25, -0.2) is 0 Å². The Bertz CT molecular complexity index is 532. The highest BCUT2D eigenvalue weighted by atomic mass is 32.2. The largest absolute Gasteiger partial charge is 0.488 e. The number of hydrogen-bond donors (Lipinski definition) is 2. The van der Waals surface area contributed by atoms with E-state index in [1.807, 2.05) is 0 Å². The van der Waals surface area contributed by atoms with Crippen molar-refractivity contribution < 1.29 is 4.74 Å². The van der Waals surface area contributed by atoms with Gasteiger partial charge < -0.3 is 15.8 Å². The number of thioether (sulfide) groups is 1. The summed E-state index contributed by atoms with van der Waals surface area (Å²) in [5, 5.41) is 3.76. The SMILES string of the molecule is Cc1cc(N)c(OC2CC2)cc1C1CC2CSCC(C1)N2. The van der Waals surface area contributed by atoms with Crippen LogP contribution in [0.4, 0.5) is 5.69 Å². The molecular weight excluding hydrogens is 280 g/mol. The van der Waals surface area contributed by atoms with Gasteiger partial charge in [-0.05, 0) is 61.8 Å². The quantitative estimate of drug-likeness (QED) is 0.843. The summed E-state index contributed by atoms with van der Waals surface area (Å²) in [6.07, 6.45) is 5.26. The first-order chi connectivity index (χ1) is 10.2. The fraction of sp³-hybridized carbons (Fsp3) is 0.647. The monoisotopic (exact) mass is 304 g/mol. The average molecular weight is 304 g/mol. The number of fused-ring (bicyclic) bond motifs is 2. The minimum Gasteiger partial charge on any atom is -0.488 e. The van der Waals surface area contributed by atoms with Crippen LogP contribution in [-0.4, -0.2) is 29.7 Å². The first-order valence-electron chi connectivity index (χ1n) is 8.09. The number of aryl methyl sites for hydroxylation is 1. The summed E-state index contributed by atoms with van der Waals surface area (Å²) in [6.45, 7) is 2.19. The third-order valence-corrected chi connectivity index (χ3v) is 6.18. The topological polar surface area (TPSA) is 47.3 Å². The van der Waals surface area contributed by atoms with Gasteiger partial charge in [-0.3, -0.25) is 0 Å². The van der Waals surface area contributed by atoms with Crippen LogP contribution in [0, 0.1) is 6.92 Å². The molecule has 3 aliphatic rings. The van der Waals surface area contributed by atoms with E-state index in [-0.39, 0.29) is 0 Å². The molecule has 3 nitrogen and oxygen atoms in total. The molecule has 2 aliphatic heterocycles. The Morgan fingerprint density at radius 2 is 1.90 bits per heavy atom. The molecule has 1 aromatic rings. The number of benzene rings is 1. The maximum Gasteiger partial charge on any atom is 0.142 e. The highest BCUT2D eigenvalue weighted by Crippen LogP contribution is 2.40. The van der Waals surface area contributed by atoms with Crippen LogP contribution in [0.25, 0.3) is 0 Å². The molecule has 0 radical (unpaired) electrons. The minimum absolute atomic E-state index is 0.409. The standard InChI is InChI=1S/C17H24N2OS/c1-10-4-16(18)17(20-14-2-3-14)7-15(10)11-5-12-8-21-9-13(6-11)19-12/h4,7,11-14,19H,2-3,5-6,8-9,18H2,1H3. The second-order valence-corrected chi connectivity index (χ2v) is 7.91. The second-order valence-electron chi connectivity index (χ2n) is 6.83. The molecule has 21 heavy (non-hydrogen) atoms. The van der Waals surface area contributed by atoms with Crippen LogP contribution in [0.2, 0.25) is 0 Å². The van der Waals surface area contributed by atoms with E-state index in [1.165, 1.54) is 48.3 Å². The lowest BCUT2D eigenvalue weighted by Gasteiger charge is -2.40. The summed E-state index contributed by atoms with van der Waals surface area (Å²) in [7, 11) is 0. The lowest BCUT2D eigenvalue weighted by Crippen LogP contribution is -2.50. The number of nitrogens with one attached hydrogen (secondary N) is 1. The molecule has 4 heteroatoms. The zero-order valence-electron chi connectivity index (χ0n) is 12.6. The number of anilines is 1. The van der Waals surface area contributed by atoms with Crippen molar-refractivity contribution in [2.75, 3.05) is 17.2 Å². The van der Waals surface area contributed by atoms with E-state index in [9.17, 15) is 0 Å². The smallest absolute Gasteiger partial charge is 0.142 e. The molecule has 1 saturated carbocycles. The Hall–Kier alpha value is -0.870. The first-order valence-corrected chi connectivity index (χ1v) is 9.25. The van der Waals surface area contributed by atoms with E-state index in [1.54, 1.807) is 0 Å². The van der Waals surface area contributed by atoms with Crippen LogP contribution in [-0.2, 0) is 0 Å². The summed E-state index contributed by atoms with van der Waals surface area (Å²) >= 11 is 2.10. The van der Waals surface area contributed by atoms with E-state index >= 15 is 0 Å². The van der Waals surface area contributed by atoms with Gasteiger partial charge in [0.05, 0.1) is 11.8 Å². The Morgan fingerprint density at radius 1 is 1.19 bits per heavy atom. The summed E-state index contributed by atoms with van der Waals surface area (Å²) in [5.74, 6) is 4.08. The molecule has 0 spiro atoms. The van der Waals surface area contributed by atoms with Gasteiger partial charge in [0.1, 0.15) is 5.75 Å². The van der Waals surface area contributed by atoms with Crippen molar-refractivity contribution in [3.63, 3.8) is 0 Å². The molecule has 4 rings (SSSR count). The van der Waals surface area contributed by atoms with Crippen molar-refractivity contribution >= 4 is 17.4 Å². The molecule has 3 N–H and O–H groups in total. The lowest BCUT2D eigenvalue weighted by atomic mass is 9.81. The van der Waals surface area contributed by atoms with Crippen molar-refractivity contribution in [3.05, 3.63) is 23.3 Å². The number of hydrogen-bond acceptors (Lipinski definition) is 4. The number of nitrogens with two attached hydrogens (primary N) is 1. The predicted molar refractivity (Wildman–Crippen MR) is 89.3 cm³/mol. The van der Waals surface area contributed by atoms with Gasteiger partial charge in [-0.2, -0.15) is 11.8 Å². The van der Waals surface area contributed by atoms with E-state index in [4.69, 9.17) is 10.5 Å². The molecule has 2 bridgehead atoms. The van der Waals surface area contributed by atoms with Gasteiger partial charge in [0.25, 0.3) is 0 Å². The second kappa shape index (κ2) is 5.40. The van der Waals surface area contributed by atoms with Crippen molar-refractivity contribution in [3.8, 4) is 5.75 Å². The van der Waals surface area contributed by atoms with Crippen LogP contribution in [0.15, 0.2) is 12.1 Å². The molecule has 3 fully saturated rings. The molecule has 2 atom stereocenters. The Labute approximate surface area is 131 Å². The number of ether oxygens (including phenoxy) is 1. The van der Waals surface area contributed by atoms with Gasteiger partial charge in [-0.15, -0.1) is 0 Å². The molecule has 1 aliphatic carbocycles. The molecule has 2 heterocycles. The van der Waals surface area contributed by atoms with E-state index in [2.05, 4.69) is 36.1 Å². The highest BCUT2D eigenvalue weighted by Gasteiger charge is 2.33. The number of piperidine rings is 1. The van der Waals surface area contributed by atoms with Gasteiger partial charge in [-0.1, -0.05) is 0 Å². The fourth-order valence-corrected chi connectivity index (χ4v) is 4.89. The van der Waals surface area contributed by atoms with Gasteiger partial charge in [0.2, 0.25) is 0 Å². The van der Waals surface area contributed by atoms with Crippen molar-refractivity contribution in [1.29, 1.82) is 0 Å². The van der Waals surface area contributed by atoms with Crippen LogP contribution in [0.3, 0.4) is 0 Å². The summed E-state index contributed by atoms with van der Waals surface area (Å²) in [4.78, 5) is 0.